The number of ketones is 1. The Morgan fingerprint density at radius 1 is 0.815 bits per heavy atom. The SMILES string of the molecule is O=C(OC(C(=O)O)(C(=O)c1ccccc1)C(O)C(=O)O)c1ccccc1.[Eu]. The molecular weight excluding hydrogens is 496 g/mol. The van der Waals surface area contributed by atoms with Crippen molar-refractivity contribution in [3.05, 3.63) is 71.8 Å². The number of benzene rings is 2. The van der Waals surface area contributed by atoms with E-state index in [1.165, 1.54) is 48.5 Å². The molecule has 27 heavy (non-hydrogen) atoms. The van der Waals surface area contributed by atoms with Gasteiger partial charge >= 0.3 is 23.5 Å². The molecule has 0 heterocycles. The number of hydrogen-bond donors (Lipinski definition) is 3. The van der Waals surface area contributed by atoms with Gasteiger partial charge in [-0.3, -0.25) is 4.79 Å². The van der Waals surface area contributed by atoms with Crippen molar-refractivity contribution in [3.63, 3.8) is 0 Å². The van der Waals surface area contributed by atoms with E-state index in [0.29, 0.717) is 0 Å². The fourth-order valence-corrected chi connectivity index (χ4v) is 2.24. The van der Waals surface area contributed by atoms with Crippen LogP contribution in [0.4, 0.5) is 0 Å². The van der Waals surface area contributed by atoms with Crippen LogP contribution >= 0.6 is 0 Å². The Morgan fingerprint density at radius 2 is 1.26 bits per heavy atom. The Kier molecular flexibility index (Phi) is 8.42. The van der Waals surface area contributed by atoms with E-state index in [-0.39, 0.29) is 60.5 Å². The maximum Gasteiger partial charge on any atom is 0.360 e. The van der Waals surface area contributed by atoms with Crippen molar-refractivity contribution >= 4 is 23.7 Å². The average Bonchev–Trinajstić information content (AvgIpc) is 2.65. The number of rotatable bonds is 7. The van der Waals surface area contributed by atoms with E-state index in [1.807, 2.05) is 0 Å². The quantitative estimate of drug-likeness (QED) is 0.285. The third-order valence-electron chi connectivity index (χ3n) is 3.57. The van der Waals surface area contributed by atoms with Crippen LogP contribution in [-0.2, 0) is 14.3 Å². The first-order chi connectivity index (χ1) is 12.3. The number of carbonyl (C=O) groups is 4. The molecule has 0 aliphatic rings. The predicted molar refractivity (Wildman–Crippen MR) is 86.6 cm³/mol. The number of hydrogen-bond acceptors (Lipinski definition) is 6. The summed E-state index contributed by atoms with van der Waals surface area (Å²) in [4.78, 5) is 48.1. The Hall–Kier alpha value is -1.94. The number of esters is 1. The molecule has 0 aliphatic heterocycles. The topological polar surface area (TPSA) is 138 Å². The van der Waals surface area contributed by atoms with Crippen LogP contribution in [0.25, 0.3) is 0 Å². The first kappa shape index (κ1) is 23.1. The van der Waals surface area contributed by atoms with Gasteiger partial charge in [-0.05, 0) is 12.1 Å². The van der Waals surface area contributed by atoms with Crippen LogP contribution in [0.1, 0.15) is 20.7 Å². The normalized spacial score (nSPS) is 13.4. The van der Waals surface area contributed by atoms with Crippen LogP contribution < -0.4 is 0 Å². The van der Waals surface area contributed by atoms with Gasteiger partial charge in [-0.15, -0.1) is 0 Å². The molecular formula is C18H14EuO8. The molecule has 2 rings (SSSR count). The van der Waals surface area contributed by atoms with E-state index >= 15 is 0 Å². The molecule has 2 unspecified atom stereocenters. The third kappa shape index (κ3) is 4.87. The summed E-state index contributed by atoms with van der Waals surface area (Å²) >= 11 is 0. The van der Waals surface area contributed by atoms with Crippen LogP contribution in [-0.4, -0.2) is 50.7 Å². The fraction of sp³-hybridized carbons (Fsp3) is 0.111. The summed E-state index contributed by atoms with van der Waals surface area (Å²) in [6.07, 6.45) is -2.82. The number of aliphatic hydroxyl groups is 1. The molecule has 0 aliphatic carbocycles. The maximum absolute atomic E-state index is 12.7. The van der Waals surface area contributed by atoms with Gasteiger partial charge in [0.25, 0.3) is 0 Å². The second-order valence-electron chi connectivity index (χ2n) is 5.23. The number of aliphatic carboxylic acids is 2. The van der Waals surface area contributed by atoms with E-state index in [4.69, 9.17) is 9.84 Å². The average molecular weight is 510 g/mol. The van der Waals surface area contributed by atoms with Gasteiger partial charge in [-0.1, -0.05) is 48.5 Å². The summed E-state index contributed by atoms with van der Waals surface area (Å²) in [6.45, 7) is 0. The summed E-state index contributed by atoms with van der Waals surface area (Å²) in [7, 11) is 0. The molecule has 0 spiro atoms. The zero-order valence-electron chi connectivity index (χ0n) is 13.6. The van der Waals surface area contributed by atoms with E-state index in [2.05, 4.69) is 0 Å². The van der Waals surface area contributed by atoms with Gasteiger partial charge in [-0.2, -0.15) is 0 Å². The van der Waals surface area contributed by atoms with Crippen molar-refractivity contribution < 1.29 is 88.6 Å². The second-order valence-corrected chi connectivity index (χ2v) is 5.23. The van der Waals surface area contributed by atoms with Crippen LogP contribution in [0, 0.1) is 49.4 Å². The van der Waals surface area contributed by atoms with Gasteiger partial charge in [0.15, 0.2) is 0 Å². The molecule has 8 nitrogen and oxygen atoms in total. The smallest absolute Gasteiger partial charge is 0.360 e. The third-order valence-corrected chi connectivity index (χ3v) is 3.57. The minimum atomic E-state index is -3.35. The van der Waals surface area contributed by atoms with Gasteiger partial charge in [-0.25, -0.2) is 14.4 Å². The molecule has 0 bridgehead atoms. The van der Waals surface area contributed by atoms with E-state index in [1.54, 1.807) is 12.1 Å². The number of ether oxygens (including phenoxy) is 1. The van der Waals surface area contributed by atoms with E-state index in [9.17, 15) is 29.4 Å². The summed E-state index contributed by atoms with van der Waals surface area (Å²) in [5.41, 5.74) is -3.70. The Bertz CT molecular complexity index is 837. The fourth-order valence-electron chi connectivity index (χ4n) is 2.24. The molecule has 2 aromatic rings. The molecule has 0 fully saturated rings. The van der Waals surface area contributed by atoms with Gasteiger partial charge in [0.2, 0.25) is 11.9 Å². The monoisotopic (exact) mass is 511 g/mol. The minimum absolute atomic E-state index is 0. The predicted octanol–water partition coefficient (Wildman–Crippen LogP) is 0.995. The first-order valence-corrected chi connectivity index (χ1v) is 7.33. The molecule has 0 aromatic heterocycles. The van der Waals surface area contributed by atoms with Crippen molar-refractivity contribution in [3.8, 4) is 0 Å². The van der Waals surface area contributed by atoms with Crippen LogP contribution in [0.3, 0.4) is 0 Å². The van der Waals surface area contributed by atoms with Crippen LogP contribution in [0.5, 0.6) is 0 Å². The number of carbonyl (C=O) groups excluding carboxylic acids is 2. The Balaban J connectivity index is 0.00000364. The molecule has 0 saturated heterocycles. The summed E-state index contributed by atoms with van der Waals surface area (Å²) in [5, 5.41) is 28.6. The van der Waals surface area contributed by atoms with E-state index in [0.717, 1.165) is 0 Å². The second kappa shape index (κ2) is 9.84. The van der Waals surface area contributed by atoms with Crippen molar-refractivity contribution in [1.82, 2.24) is 0 Å². The molecule has 0 amide bonds. The van der Waals surface area contributed by atoms with Crippen LogP contribution in [0.15, 0.2) is 60.7 Å². The van der Waals surface area contributed by atoms with Gasteiger partial charge in [0.1, 0.15) is 0 Å². The molecule has 1 radical (unpaired) electrons. The van der Waals surface area contributed by atoms with Gasteiger partial charge < -0.3 is 20.1 Å². The van der Waals surface area contributed by atoms with Crippen LogP contribution in [0.2, 0.25) is 0 Å². The maximum atomic E-state index is 12.7. The zero-order chi connectivity index (χ0) is 19.3. The molecule has 2 aromatic carbocycles. The summed E-state index contributed by atoms with van der Waals surface area (Å²) in [5.74, 6) is -6.77. The summed E-state index contributed by atoms with van der Waals surface area (Å²) < 4.78 is 4.81. The van der Waals surface area contributed by atoms with Crippen molar-refractivity contribution in [2.45, 2.75) is 11.7 Å². The molecule has 0 saturated carbocycles. The minimum Gasteiger partial charge on any atom is -0.479 e. The van der Waals surface area contributed by atoms with E-state index < -0.39 is 35.4 Å². The Labute approximate surface area is 194 Å². The van der Waals surface area contributed by atoms with Gasteiger partial charge in [0.05, 0.1) is 5.56 Å². The molecule has 2 atom stereocenters. The van der Waals surface area contributed by atoms with Crippen molar-refractivity contribution in [2.24, 2.45) is 0 Å². The number of aliphatic hydroxyl groups excluding tert-OH is 1. The summed E-state index contributed by atoms with van der Waals surface area (Å²) in [6, 6.07) is 13.9. The largest absolute Gasteiger partial charge is 0.479 e. The van der Waals surface area contributed by atoms with Crippen molar-refractivity contribution in [2.75, 3.05) is 0 Å². The number of carboxylic acid groups (broad SMARTS) is 2. The zero-order valence-corrected chi connectivity index (χ0v) is 16.0. The standard InChI is InChI=1S/C18H14O8.Eu/c19-13(11-7-3-1-4-8-11)18(17(24)25,14(20)15(21)22)26-16(23)12-9-5-2-6-10-12;/h1-10,14,20H,(H,21,22)(H,24,25);. The Morgan fingerprint density at radius 3 is 1.67 bits per heavy atom. The number of carboxylic acids is 2. The number of Topliss-reactive ketones (excluding diaryl/α,β-unsaturated/α-hetero) is 1. The molecule has 9 heteroatoms. The molecule has 3 N–H and O–H groups in total. The molecule has 141 valence electrons. The van der Waals surface area contributed by atoms with Gasteiger partial charge in [0, 0.05) is 54.9 Å². The first-order valence-electron chi connectivity index (χ1n) is 7.33. The van der Waals surface area contributed by atoms with Crippen molar-refractivity contribution in [1.29, 1.82) is 0 Å².